The van der Waals surface area contributed by atoms with Crippen LogP contribution in [-0.4, -0.2) is 34.3 Å². The van der Waals surface area contributed by atoms with Gasteiger partial charge in [-0.1, -0.05) is 18.2 Å². The van der Waals surface area contributed by atoms with E-state index >= 15 is 0 Å². The molecule has 8 nitrogen and oxygen atoms in total. The minimum Gasteiger partial charge on any atom is -0.494 e. The average molecular weight is 318 g/mol. The number of aromatic amines is 1. The summed E-state index contributed by atoms with van der Waals surface area (Å²) in [6.07, 6.45) is -1.06. The normalized spacial score (nSPS) is 16.2. The van der Waals surface area contributed by atoms with E-state index in [0.717, 1.165) is 4.57 Å². The fourth-order valence-electron chi connectivity index (χ4n) is 2.56. The summed E-state index contributed by atoms with van der Waals surface area (Å²) in [6.45, 7) is 0.216. The number of carbonyl (C=O) groups excluding carboxylic acids is 1. The molecule has 1 aromatic heterocycles. The lowest BCUT2D eigenvalue weighted by molar-refractivity contribution is 0.0448. The van der Waals surface area contributed by atoms with Crippen LogP contribution in [0, 0.1) is 0 Å². The Hall–Kier alpha value is -2.87. The molecular formula is C15H14N2O6. The highest BCUT2D eigenvalue weighted by Crippen LogP contribution is 2.36. The number of rotatable bonds is 4. The summed E-state index contributed by atoms with van der Waals surface area (Å²) in [4.78, 5) is 38.0. The summed E-state index contributed by atoms with van der Waals surface area (Å²) in [5.74, 6) is -1.12. The summed E-state index contributed by atoms with van der Waals surface area (Å²) in [6, 6.07) is 6.57. The fourth-order valence-corrected chi connectivity index (χ4v) is 2.56. The highest BCUT2D eigenvalue weighted by Gasteiger charge is 2.36. The van der Waals surface area contributed by atoms with E-state index < -0.39 is 29.2 Å². The molecule has 0 spiro atoms. The quantitative estimate of drug-likeness (QED) is 0.776. The number of carbonyl (C=O) groups is 1. The molecule has 120 valence electrons. The molecule has 1 atom stereocenters. The first-order valence-electron chi connectivity index (χ1n) is 6.89. The van der Waals surface area contributed by atoms with Crippen molar-refractivity contribution in [3.63, 3.8) is 0 Å². The highest BCUT2D eigenvalue weighted by molar-refractivity contribution is 5.94. The number of aromatic nitrogens is 2. The monoisotopic (exact) mass is 318 g/mol. The highest BCUT2D eigenvalue weighted by atomic mass is 16.5. The van der Waals surface area contributed by atoms with Gasteiger partial charge in [0.25, 0.3) is 5.56 Å². The van der Waals surface area contributed by atoms with E-state index in [0.29, 0.717) is 11.1 Å². The molecule has 3 rings (SSSR count). The van der Waals surface area contributed by atoms with Gasteiger partial charge in [0.15, 0.2) is 6.10 Å². The number of aromatic hydroxyl groups is 1. The lowest BCUT2D eigenvalue weighted by Gasteiger charge is -2.15. The Morgan fingerprint density at radius 1 is 1.30 bits per heavy atom. The average Bonchev–Trinajstić information content (AvgIpc) is 2.84. The number of ether oxygens (including phenoxy) is 2. The van der Waals surface area contributed by atoms with Crippen molar-refractivity contribution in [1.82, 2.24) is 9.55 Å². The predicted octanol–water partition coefficient (Wildman–Crippen LogP) is 0.148. The fraction of sp³-hybridized carbons (Fsp3) is 0.267. The van der Waals surface area contributed by atoms with Crippen molar-refractivity contribution in [1.29, 1.82) is 0 Å². The van der Waals surface area contributed by atoms with Gasteiger partial charge in [0, 0.05) is 12.7 Å². The smallest absolute Gasteiger partial charge is 0.339 e. The summed E-state index contributed by atoms with van der Waals surface area (Å²) in [5.41, 5.74) is -0.943. The number of nitrogens with one attached hydrogen (secondary N) is 1. The lowest BCUT2D eigenvalue weighted by Crippen LogP contribution is -2.34. The largest absolute Gasteiger partial charge is 0.494 e. The van der Waals surface area contributed by atoms with Gasteiger partial charge in [-0.05, 0) is 6.07 Å². The first kappa shape index (κ1) is 15.0. The van der Waals surface area contributed by atoms with E-state index in [4.69, 9.17) is 9.47 Å². The minimum atomic E-state index is -1.06. The van der Waals surface area contributed by atoms with Crippen molar-refractivity contribution in [2.24, 2.45) is 0 Å². The maximum atomic E-state index is 12.1. The van der Waals surface area contributed by atoms with Crippen LogP contribution in [0.3, 0.4) is 0 Å². The molecule has 0 saturated carbocycles. The Labute approximate surface area is 129 Å². The molecule has 1 aliphatic heterocycles. The zero-order valence-electron chi connectivity index (χ0n) is 12.2. The van der Waals surface area contributed by atoms with Gasteiger partial charge in [-0.15, -0.1) is 0 Å². The van der Waals surface area contributed by atoms with Crippen molar-refractivity contribution < 1.29 is 19.4 Å². The van der Waals surface area contributed by atoms with Gasteiger partial charge in [0.1, 0.15) is 5.56 Å². The molecule has 23 heavy (non-hydrogen) atoms. The van der Waals surface area contributed by atoms with Gasteiger partial charge in [0.2, 0.25) is 5.88 Å². The maximum Gasteiger partial charge on any atom is 0.339 e. The molecule has 1 aliphatic rings. The van der Waals surface area contributed by atoms with Crippen molar-refractivity contribution in [3.05, 3.63) is 61.8 Å². The van der Waals surface area contributed by atoms with Crippen LogP contribution in [-0.2, 0) is 16.0 Å². The van der Waals surface area contributed by atoms with Gasteiger partial charge in [-0.3, -0.25) is 14.3 Å². The minimum absolute atomic E-state index is 0.0489. The van der Waals surface area contributed by atoms with Gasteiger partial charge in [-0.25, -0.2) is 9.59 Å². The molecule has 2 heterocycles. The van der Waals surface area contributed by atoms with Crippen molar-refractivity contribution in [3.8, 4) is 5.88 Å². The second kappa shape index (κ2) is 5.73. The second-order valence-electron chi connectivity index (χ2n) is 5.01. The Kier molecular flexibility index (Phi) is 3.75. The van der Waals surface area contributed by atoms with Crippen LogP contribution in [0.15, 0.2) is 33.9 Å². The van der Waals surface area contributed by atoms with E-state index in [1.54, 1.807) is 24.3 Å². The number of esters is 1. The second-order valence-corrected chi connectivity index (χ2v) is 5.01. The maximum absolute atomic E-state index is 12.1. The van der Waals surface area contributed by atoms with Crippen LogP contribution in [0.25, 0.3) is 0 Å². The SMILES string of the molecule is COCCn1c(O)c([C@@H]2OC(=O)c3ccccc32)c(=O)[nH]c1=O. The molecule has 0 fully saturated rings. The van der Waals surface area contributed by atoms with Crippen molar-refractivity contribution in [2.45, 2.75) is 12.6 Å². The first-order valence-corrected chi connectivity index (χ1v) is 6.89. The van der Waals surface area contributed by atoms with Crippen LogP contribution in [0.5, 0.6) is 5.88 Å². The van der Waals surface area contributed by atoms with Crippen LogP contribution in [0.2, 0.25) is 0 Å². The van der Waals surface area contributed by atoms with Crippen LogP contribution < -0.4 is 11.2 Å². The molecule has 0 radical (unpaired) electrons. The number of benzene rings is 1. The number of fused-ring (bicyclic) bond motifs is 1. The molecule has 2 N–H and O–H groups in total. The molecule has 0 bridgehead atoms. The third kappa shape index (κ3) is 2.42. The third-order valence-corrected chi connectivity index (χ3v) is 3.68. The first-order chi connectivity index (χ1) is 11.0. The Morgan fingerprint density at radius 3 is 2.78 bits per heavy atom. The molecule has 0 saturated heterocycles. The molecule has 0 amide bonds. The van der Waals surface area contributed by atoms with Crippen LogP contribution >= 0.6 is 0 Å². The number of methoxy groups -OCH3 is 1. The van der Waals surface area contributed by atoms with Crippen LogP contribution in [0.1, 0.15) is 27.6 Å². The zero-order valence-corrected chi connectivity index (χ0v) is 12.2. The van der Waals surface area contributed by atoms with E-state index in [1.807, 2.05) is 0 Å². The number of cyclic esters (lactones) is 1. The topological polar surface area (TPSA) is 111 Å². The summed E-state index contributed by atoms with van der Waals surface area (Å²) in [5, 5.41) is 10.3. The predicted molar refractivity (Wildman–Crippen MR) is 78.6 cm³/mol. The zero-order chi connectivity index (χ0) is 16.6. The Balaban J connectivity index is 2.16. The number of hydrogen-bond acceptors (Lipinski definition) is 6. The number of hydrogen-bond donors (Lipinski definition) is 2. The van der Waals surface area contributed by atoms with E-state index in [2.05, 4.69) is 4.98 Å². The standard InChI is InChI=1S/C15H14N2O6/c1-22-7-6-17-13(19)10(12(18)16-15(17)21)11-8-4-2-3-5-9(8)14(20)23-11/h2-5,11,19H,6-7H2,1H3,(H,16,18,21)/t11-/m1/s1. The lowest BCUT2D eigenvalue weighted by atomic mass is 10.0. The Morgan fingerprint density at radius 2 is 2.04 bits per heavy atom. The summed E-state index contributed by atoms with van der Waals surface area (Å²) >= 11 is 0. The van der Waals surface area contributed by atoms with Crippen LogP contribution in [0.4, 0.5) is 0 Å². The third-order valence-electron chi connectivity index (χ3n) is 3.68. The van der Waals surface area contributed by atoms with Gasteiger partial charge < -0.3 is 14.6 Å². The number of nitrogens with zero attached hydrogens (tertiary/aromatic N) is 1. The van der Waals surface area contributed by atoms with Gasteiger partial charge in [0.05, 0.1) is 18.7 Å². The summed E-state index contributed by atoms with van der Waals surface area (Å²) < 4.78 is 11.1. The van der Waals surface area contributed by atoms with Gasteiger partial charge in [-0.2, -0.15) is 0 Å². The molecule has 8 heteroatoms. The van der Waals surface area contributed by atoms with Crippen molar-refractivity contribution in [2.75, 3.05) is 13.7 Å². The van der Waals surface area contributed by atoms with Crippen molar-refractivity contribution >= 4 is 5.97 Å². The molecule has 2 aromatic rings. The molecule has 0 unspecified atom stereocenters. The molecular weight excluding hydrogens is 304 g/mol. The van der Waals surface area contributed by atoms with E-state index in [-0.39, 0.29) is 18.7 Å². The molecule has 0 aliphatic carbocycles. The Bertz CT molecular complexity index is 882. The van der Waals surface area contributed by atoms with Gasteiger partial charge >= 0.3 is 11.7 Å². The van der Waals surface area contributed by atoms with E-state index in [1.165, 1.54) is 7.11 Å². The van der Waals surface area contributed by atoms with E-state index in [9.17, 15) is 19.5 Å². The number of H-pyrrole nitrogens is 1. The molecule has 1 aromatic carbocycles. The summed E-state index contributed by atoms with van der Waals surface area (Å²) in [7, 11) is 1.45.